The molecule has 1 heterocycles. The average molecular weight is 402 g/mol. The molecule has 2 nitrogen and oxygen atoms in total. The van der Waals surface area contributed by atoms with Crippen molar-refractivity contribution in [3.63, 3.8) is 0 Å². The number of carbonyl (C=O) groups is 1. The first kappa shape index (κ1) is 18.1. The standard InChI is InChI=1S/C29H22O2/c30-18-20-13-17-29(31-28-11-4-3-8-22(20)28)27-10-5-9-23-25-14-12-19-6-1-2-7-21(19)24(25)15-16-26(23)27/h1-4,6-8,11-13,15-18H,5,9-10,14H2. The third-order valence-corrected chi connectivity index (χ3v) is 6.64. The van der Waals surface area contributed by atoms with Crippen molar-refractivity contribution in [3.05, 3.63) is 116 Å². The molecule has 2 heteroatoms. The van der Waals surface area contributed by atoms with Gasteiger partial charge in [-0.1, -0.05) is 60.7 Å². The minimum Gasteiger partial charge on any atom is -0.456 e. The highest BCUT2D eigenvalue weighted by Gasteiger charge is 2.21. The van der Waals surface area contributed by atoms with Gasteiger partial charge in [-0.3, -0.25) is 4.79 Å². The molecule has 31 heavy (non-hydrogen) atoms. The molecule has 0 bridgehead atoms. The van der Waals surface area contributed by atoms with E-state index in [1.807, 2.05) is 36.4 Å². The number of aldehydes is 1. The molecular formula is C29H22O2. The van der Waals surface area contributed by atoms with Gasteiger partial charge in [0.15, 0.2) is 6.29 Å². The first-order chi connectivity index (χ1) is 15.3. The predicted molar refractivity (Wildman–Crippen MR) is 124 cm³/mol. The van der Waals surface area contributed by atoms with E-state index >= 15 is 0 Å². The maximum absolute atomic E-state index is 11.7. The molecule has 0 spiro atoms. The summed E-state index contributed by atoms with van der Waals surface area (Å²) in [7, 11) is 0. The van der Waals surface area contributed by atoms with E-state index in [0.29, 0.717) is 5.57 Å². The number of ether oxygens (including phenoxy) is 1. The summed E-state index contributed by atoms with van der Waals surface area (Å²) in [6, 6.07) is 21.0. The first-order valence-electron chi connectivity index (χ1n) is 10.9. The van der Waals surface area contributed by atoms with Crippen LogP contribution >= 0.6 is 0 Å². The Labute approximate surface area is 180 Å². The van der Waals surface area contributed by atoms with Crippen LogP contribution in [-0.2, 0) is 17.6 Å². The van der Waals surface area contributed by atoms with Crippen molar-refractivity contribution >= 4 is 23.5 Å². The number of allylic oxidation sites excluding steroid dienone is 4. The van der Waals surface area contributed by atoms with E-state index in [9.17, 15) is 4.79 Å². The molecule has 0 fully saturated rings. The summed E-state index contributed by atoms with van der Waals surface area (Å²) in [4.78, 5) is 11.7. The molecule has 1 aliphatic heterocycles. The fourth-order valence-electron chi connectivity index (χ4n) is 5.18. The summed E-state index contributed by atoms with van der Waals surface area (Å²) >= 11 is 0. The summed E-state index contributed by atoms with van der Waals surface area (Å²) in [6.45, 7) is 0. The van der Waals surface area contributed by atoms with E-state index in [1.165, 1.54) is 37.6 Å². The highest BCUT2D eigenvalue weighted by molar-refractivity contribution is 6.08. The Kier molecular flexibility index (Phi) is 4.24. The van der Waals surface area contributed by atoms with Crippen molar-refractivity contribution in [1.82, 2.24) is 0 Å². The van der Waals surface area contributed by atoms with Gasteiger partial charge in [-0.25, -0.2) is 0 Å². The second-order valence-corrected chi connectivity index (χ2v) is 8.31. The third-order valence-electron chi connectivity index (χ3n) is 6.64. The van der Waals surface area contributed by atoms with Gasteiger partial charge in [-0.2, -0.15) is 0 Å². The number of fused-ring (bicyclic) bond motifs is 5. The Bertz CT molecular complexity index is 1520. The van der Waals surface area contributed by atoms with Crippen LogP contribution in [0.15, 0.2) is 78.6 Å². The second-order valence-electron chi connectivity index (χ2n) is 8.31. The Hall–Kier alpha value is -3.65. The average Bonchev–Trinajstić information content (AvgIpc) is 3.02. The maximum atomic E-state index is 11.7. The minimum absolute atomic E-state index is 0.652. The minimum atomic E-state index is 0.652. The second kappa shape index (κ2) is 7.24. The summed E-state index contributed by atoms with van der Waals surface area (Å²) in [5, 5.41) is 5.32. The largest absolute Gasteiger partial charge is 0.456 e. The monoisotopic (exact) mass is 402 g/mol. The molecule has 3 aromatic carbocycles. The van der Waals surface area contributed by atoms with Crippen LogP contribution in [0.25, 0.3) is 17.2 Å². The summed E-state index contributed by atoms with van der Waals surface area (Å²) in [6.07, 6.45) is 11.3. The highest BCUT2D eigenvalue weighted by Crippen LogP contribution is 2.33. The van der Waals surface area contributed by atoms with Gasteiger partial charge in [0.05, 0.1) is 0 Å². The van der Waals surface area contributed by atoms with Gasteiger partial charge in [0.2, 0.25) is 0 Å². The Balaban J connectivity index is 1.60. The number of para-hydroxylation sites is 1. The van der Waals surface area contributed by atoms with E-state index < -0.39 is 0 Å². The third kappa shape index (κ3) is 2.90. The van der Waals surface area contributed by atoms with E-state index in [-0.39, 0.29) is 0 Å². The van der Waals surface area contributed by atoms with E-state index in [1.54, 1.807) is 0 Å². The van der Waals surface area contributed by atoms with Crippen molar-refractivity contribution in [2.75, 3.05) is 0 Å². The van der Waals surface area contributed by atoms with Gasteiger partial charge in [0, 0.05) is 16.7 Å². The fraction of sp³-hybridized carbons (Fsp3) is 0.138. The molecule has 0 aromatic heterocycles. The Morgan fingerprint density at radius 2 is 1.61 bits per heavy atom. The van der Waals surface area contributed by atoms with Gasteiger partial charge in [-0.15, -0.1) is 0 Å². The van der Waals surface area contributed by atoms with Gasteiger partial charge < -0.3 is 4.74 Å². The predicted octanol–water partition coefficient (Wildman–Crippen LogP) is 4.36. The molecule has 3 aromatic rings. The molecule has 2 aliphatic carbocycles. The lowest BCUT2D eigenvalue weighted by molar-refractivity contribution is -0.103. The van der Waals surface area contributed by atoms with Gasteiger partial charge in [-0.05, 0) is 75.9 Å². The number of hydrogen-bond acceptors (Lipinski definition) is 2. The number of benzene rings is 3. The Morgan fingerprint density at radius 1 is 0.774 bits per heavy atom. The van der Waals surface area contributed by atoms with Crippen LogP contribution in [0.5, 0.6) is 5.75 Å². The van der Waals surface area contributed by atoms with Crippen molar-refractivity contribution < 1.29 is 9.53 Å². The van der Waals surface area contributed by atoms with Gasteiger partial charge in [0.25, 0.3) is 0 Å². The molecule has 6 rings (SSSR count). The summed E-state index contributed by atoms with van der Waals surface area (Å²) < 4.78 is 6.39. The fourth-order valence-corrected chi connectivity index (χ4v) is 5.18. The molecule has 0 radical (unpaired) electrons. The van der Waals surface area contributed by atoms with Gasteiger partial charge >= 0.3 is 0 Å². The zero-order chi connectivity index (χ0) is 20.8. The normalized spacial score (nSPS) is 16.2. The lowest BCUT2D eigenvalue weighted by Gasteiger charge is -2.22. The smallest absolute Gasteiger partial charge is 0.150 e. The lowest BCUT2D eigenvalue weighted by atomic mass is 9.85. The zero-order valence-electron chi connectivity index (χ0n) is 17.2. The molecular weight excluding hydrogens is 380 g/mol. The van der Waals surface area contributed by atoms with Crippen LogP contribution in [0.2, 0.25) is 0 Å². The van der Waals surface area contributed by atoms with Crippen LogP contribution < -0.4 is 15.2 Å². The quantitative estimate of drug-likeness (QED) is 0.596. The molecule has 3 aliphatic rings. The van der Waals surface area contributed by atoms with Crippen LogP contribution in [0.4, 0.5) is 0 Å². The highest BCUT2D eigenvalue weighted by atomic mass is 16.5. The van der Waals surface area contributed by atoms with Crippen molar-refractivity contribution in [2.45, 2.75) is 25.7 Å². The summed E-state index contributed by atoms with van der Waals surface area (Å²) in [5.41, 5.74) is 5.63. The van der Waals surface area contributed by atoms with Crippen LogP contribution in [-0.4, -0.2) is 6.29 Å². The number of hydrogen-bond donors (Lipinski definition) is 0. The summed E-state index contributed by atoms with van der Waals surface area (Å²) in [5.74, 6) is 1.59. The van der Waals surface area contributed by atoms with Gasteiger partial charge in [0.1, 0.15) is 11.5 Å². The molecule has 0 saturated carbocycles. The topological polar surface area (TPSA) is 26.3 Å². The molecule has 0 amide bonds. The maximum Gasteiger partial charge on any atom is 0.150 e. The number of rotatable bonds is 2. The van der Waals surface area contributed by atoms with Crippen LogP contribution in [0.1, 0.15) is 29.5 Å². The SMILES string of the molecule is O=CC1=CC=C(C2=c3ccc4c(c3CCC2)CC=c2ccccc2=4)Oc2ccccc21. The molecule has 0 atom stereocenters. The Morgan fingerprint density at radius 3 is 2.55 bits per heavy atom. The molecule has 150 valence electrons. The van der Waals surface area contributed by atoms with E-state index in [0.717, 1.165) is 49.0 Å². The van der Waals surface area contributed by atoms with Crippen molar-refractivity contribution in [2.24, 2.45) is 0 Å². The van der Waals surface area contributed by atoms with E-state index in [4.69, 9.17) is 4.74 Å². The van der Waals surface area contributed by atoms with Crippen molar-refractivity contribution in [1.29, 1.82) is 0 Å². The first-order valence-corrected chi connectivity index (χ1v) is 10.9. The number of carbonyl (C=O) groups excluding carboxylic acids is 1. The zero-order valence-corrected chi connectivity index (χ0v) is 17.2. The van der Waals surface area contributed by atoms with E-state index in [2.05, 4.69) is 42.5 Å². The van der Waals surface area contributed by atoms with Crippen LogP contribution in [0.3, 0.4) is 0 Å². The van der Waals surface area contributed by atoms with Crippen molar-refractivity contribution in [3.8, 4) is 5.75 Å². The molecule has 0 unspecified atom stereocenters. The molecule has 0 N–H and O–H groups in total. The molecule has 0 saturated heterocycles. The van der Waals surface area contributed by atoms with Crippen LogP contribution in [0, 0.1) is 10.4 Å². The lowest BCUT2D eigenvalue weighted by Crippen LogP contribution is -2.24.